The highest BCUT2D eigenvalue weighted by Gasteiger charge is 2.13. The molecule has 3 nitrogen and oxygen atoms in total. The molecule has 0 fully saturated rings. The molecule has 0 saturated carbocycles. The average Bonchev–Trinajstić information content (AvgIpc) is 2.33. The summed E-state index contributed by atoms with van der Waals surface area (Å²) in [6.07, 6.45) is 0.454. The zero-order chi connectivity index (χ0) is 13.5. The van der Waals surface area contributed by atoms with E-state index in [2.05, 4.69) is 0 Å². The number of amides is 1. The van der Waals surface area contributed by atoms with Gasteiger partial charge in [-0.15, -0.1) is 0 Å². The van der Waals surface area contributed by atoms with E-state index in [1.165, 1.54) is 0 Å². The van der Waals surface area contributed by atoms with Crippen molar-refractivity contribution in [2.24, 2.45) is 0 Å². The molecule has 0 aliphatic heterocycles. The highest BCUT2D eigenvalue weighted by molar-refractivity contribution is 6.30. The molecule has 0 aliphatic carbocycles. The summed E-state index contributed by atoms with van der Waals surface area (Å²) in [5, 5.41) is 9.87. The first-order valence-corrected chi connectivity index (χ1v) is 6.61. The number of hydrogen-bond acceptors (Lipinski definition) is 2. The molecule has 4 heteroatoms. The van der Waals surface area contributed by atoms with Crippen LogP contribution in [0.4, 0.5) is 0 Å². The van der Waals surface area contributed by atoms with E-state index >= 15 is 0 Å². The van der Waals surface area contributed by atoms with Gasteiger partial charge in [0.2, 0.25) is 5.91 Å². The van der Waals surface area contributed by atoms with Crippen LogP contribution in [0, 0.1) is 0 Å². The maximum Gasteiger partial charge on any atom is 0.222 e. The fraction of sp³-hybridized carbons (Fsp3) is 0.500. The molecule has 0 aliphatic rings. The SMILES string of the molecule is CCN(Cc1cccc(Cl)c1)C(=O)CCC(C)O. The topological polar surface area (TPSA) is 40.5 Å². The number of carbonyl (C=O) groups excluding carboxylic acids is 1. The van der Waals surface area contributed by atoms with E-state index in [0.29, 0.717) is 31.0 Å². The number of carbonyl (C=O) groups is 1. The van der Waals surface area contributed by atoms with E-state index in [9.17, 15) is 9.90 Å². The maximum atomic E-state index is 11.9. The normalized spacial score (nSPS) is 12.2. The van der Waals surface area contributed by atoms with Gasteiger partial charge in [0.05, 0.1) is 6.10 Å². The summed E-state index contributed by atoms with van der Waals surface area (Å²) in [6, 6.07) is 7.52. The number of halogens is 1. The van der Waals surface area contributed by atoms with Crippen molar-refractivity contribution < 1.29 is 9.90 Å². The average molecular weight is 270 g/mol. The van der Waals surface area contributed by atoms with Crippen LogP contribution in [0.15, 0.2) is 24.3 Å². The Bertz CT molecular complexity index is 393. The van der Waals surface area contributed by atoms with E-state index in [1.54, 1.807) is 11.8 Å². The molecule has 0 heterocycles. The zero-order valence-corrected chi connectivity index (χ0v) is 11.7. The number of rotatable bonds is 6. The van der Waals surface area contributed by atoms with Gasteiger partial charge >= 0.3 is 0 Å². The van der Waals surface area contributed by atoms with Gasteiger partial charge in [-0.05, 0) is 38.0 Å². The molecule has 1 amide bonds. The van der Waals surface area contributed by atoms with Gasteiger partial charge in [-0.2, -0.15) is 0 Å². The Morgan fingerprint density at radius 3 is 2.78 bits per heavy atom. The van der Waals surface area contributed by atoms with Gasteiger partial charge < -0.3 is 10.0 Å². The number of nitrogens with zero attached hydrogens (tertiary/aromatic N) is 1. The molecule has 1 N–H and O–H groups in total. The summed E-state index contributed by atoms with van der Waals surface area (Å²) >= 11 is 5.92. The fourth-order valence-corrected chi connectivity index (χ4v) is 1.94. The lowest BCUT2D eigenvalue weighted by Crippen LogP contribution is -2.30. The van der Waals surface area contributed by atoms with Gasteiger partial charge in [-0.25, -0.2) is 0 Å². The Morgan fingerprint density at radius 1 is 1.50 bits per heavy atom. The number of aliphatic hydroxyl groups excluding tert-OH is 1. The predicted molar refractivity (Wildman–Crippen MR) is 73.5 cm³/mol. The van der Waals surface area contributed by atoms with Crippen LogP contribution in [-0.4, -0.2) is 28.6 Å². The third-order valence-electron chi connectivity index (χ3n) is 2.77. The van der Waals surface area contributed by atoms with Crippen LogP contribution in [0.5, 0.6) is 0 Å². The van der Waals surface area contributed by atoms with E-state index in [4.69, 9.17) is 11.6 Å². The second-order valence-electron chi connectivity index (χ2n) is 4.43. The smallest absolute Gasteiger partial charge is 0.222 e. The lowest BCUT2D eigenvalue weighted by Gasteiger charge is -2.21. The summed E-state index contributed by atoms with van der Waals surface area (Å²) < 4.78 is 0. The minimum atomic E-state index is -0.432. The van der Waals surface area contributed by atoms with Gasteiger partial charge in [0.1, 0.15) is 0 Å². The van der Waals surface area contributed by atoms with Crippen molar-refractivity contribution in [3.63, 3.8) is 0 Å². The Balaban J connectivity index is 2.58. The van der Waals surface area contributed by atoms with E-state index in [1.807, 2.05) is 31.2 Å². The molecule has 18 heavy (non-hydrogen) atoms. The molecular weight excluding hydrogens is 250 g/mol. The third kappa shape index (κ3) is 5.07. The van der Waals surface area contributed by atoms with Crippen molar-refractivity contribution in [2.45, 2.75) is 39.3 Å². The van der Waals surface area contributed by atoms with Gasteiger partial charge in [0, 0.05) is 24.5 Å². The molecular formula is C14H20ClNO2. The van der Waals surface area contributed by atoms with Crippen molar-refractivity contribution in [1.82, 2.24) is 4.90 Å². The zero-order valence-electron chi connectivity index (χ0n) is 10.9. The van der Waals surface area contributed by atoms with Crippen molar-refractivity contribution in [3.05, 3.63) is 34.9 Å². The molecule has 0 radical (unpaired) electrons. The third-order valence-corrected chi connectivity index (χ3v) is 3.01. The minimum Gasteiger partial charge on any atom is -0.393 e. The van der Waals surface area contributed by atoms with Crippen molar-refractivity contribution in [3.8, 4) is 0 Å². The molecule has 0 saturated heterocycles. The summed E-state index contributed by atoms with van der Waals surface area (Å²) in [6.45, 7) is 4.87. The van der Waals surface area contributed by atoms with Crippen molar-refractivity contribution in [1.29, 1.82) is 0 Å². The first-order chi connectivity index (χ1) is 8.52. The number of hydrogen-bond donors (Lipinski definition) is 1. The Kier molecular flexibility index (Phi) is 6.16. The van der Waals surface area contributed by atoms with Crippen LogP contribution in [0.1, 0.15) is 32.3 Å². The molecule has 1 aromatic rings. The second-order valence-corrected chi connectivity index (χ2v) is 4.86. The van der Waals surface area contributed by atoms with Crippen LogP contribution in [-0.2, 0) is 11.3 Å². The monoisotopic (exact) mass is 269 g/mol. The highest BCUT2D eigenvalue weighted by atomic mass is 35.5. The van der Waals surface area contributed by atoms with Gasteiger partial charge in [-0.3, -0.25) is 4.79 Å². The van der Waals surface area contributed by atoms with E-state index in [0.717, 1.165) is 5.56 Å². The van der Waals surface area contributed by atoms with Gasteiger partial charge in [0.15, 0.2) is 0 Å². The summed E-state index contributed by atoms with van der Waals surface area (Å²) in [4.78, 5) is 13.7. The Labute approximate surface area is 113 Å². The first-order valence-electron chi connectivity index (χ1n) is 6.23. The molecule has 0 aromatic heterocycles. The van der Waals surface area contributed by atoms with Crippen LogP contribution in [0.3, 0.4) is 0 Å². The Hall–Kier alpha value is -1.06. The van der Waals surface area contributed by atoms with Gasteiger partial charge in [-0.1, -0.05) is 23.7 Å². The predicted octanol–water partition coefficient (Wildman–Crippen LogP) is 2.85. The van der Waals surface area contributed by atoms with Crippen LogP contribution >= 0.6 is 11.6 Å². The number of aliphatic hydroxyl groups is 1. The second kappa shape index (κ2) is 7.39. The summed E-state index contributed by atoms with van der Waals surface area (Å²) in [5.74, 6) is 0.0679. The fourth-order valence-electron chi connectivity index (χ4n) is 1.72. The minimum absolute atomic E-state index is 0.0679. The van der Waals surface area contributed by atoms with Crippen molar-refractivity contribution in [2.75, 3.05) is 6.54 Å². The lowest BCUT2D eigenvalue weighted by atomic mass is 10.1. The first kappa shape index (κ1) is 15.0. The highest BCUT2D eigenvalue weighted by Crippen LogP contribution is 2.13. The van der Waals surface area contributed by atoms with Crippen molar-refractivity contribution >= 4 is 17.5 Å². The van der Waals surface area contributed by atoms with E-state index in [-0.39, 0.29) is 5.91 Å². The standard InChI is InChI=1S/C14H20ClNO2/c1-3-16(14(18)8-7-11(2)17)10-12-5-4-6-13(15)9-12/h4-6,9,11,17H,3,7-8,10H2,1-2H3. The Morgan fingerprint density at radius 2 is 2.22 bits per heavy atom. The van der Waals surface area contributed by atoms with Crippen LogP contribution < -0.4 is 0 Å². The van der Waals surface area contributed by atoms with Gasteiger partial charge in [0.25, 0.3) is 0 Å². The molecule has 1 atom stereocenters. The summed E-state index contributed by atoms with van der Waals surface area (Å²) in [5.41, 5.74) is 1.02. The molecule has 100 valence electrons. The quantitative estimate of drug-likeness (QED) is 0.863. The van der Waals surface area contributed by atoms with Crippen LogP contribution in [0.25, 0.3) is 0 Å². The molecule has 1 aromatic carbocycles. The molecule has 1 unspecified atom stereocenters. The number of benzene rings is 1. The maximum absolute atomic E-state index is 11.9. The molecule has 0 spiro atoms. The summed E-state index contributed by atoms with van der Waals surface area (Å²) in [7, 11) is 0. The molecule has 1 rings (SSSR count). The van der Waals surface area contributed by atoms with E-state index < -0.39 is 6.10 Å². The largest absolute Gasteiger partial charge is 0.393 e. The van der Waals surface area contributed by atoms with Crippen LogP contribution in [0.2, 0.25) is 5.02 Å². The molecule has 0 bridgehead atoms. The lowest BCUT2D eigenvalue weighted by molar-refractivity contribution is -0.132.